The van der Waals surface area contributed by atoms with E-state index in [2.05, 4.69) is 48.0 Å². The Morgan fingerprint density at radius 1 is 1.21 bits per heavy atom. The Morgan fingerprint density at radius 3 is 2.33 bits per heavy atom. The van der Waals surface area contributed by atoms with Gasteiger partial charge in [0.05, 0.1) is 4.88 Å². The Bertz CT molecular complexity index is 889. The highest BCUT2D eigenvalue weighted by molar-refractivity contribution is 7.12. The molecule has 1 aromatic heterocycles. The van der Waals surface area contributed by atoms with E-state index in [0.717, 1.165) is 36.1 Å². The summed E-state index contributed by atoms with van der Waals surface area (Å²) in [6.45, 7) is 11.4. The smallest absolute Gasteiger partial charge is 0.475 e. The number of hydrogen-bond donors (Lipinski definition) is 2. The van der Waals surface area contributed by atoms with Crippen molar-refractivity contribution in [2.45, 2.75) is 39.4 Å². The first-order valence-electron chi connectivity index (χ1n) is 10.7. The lowest BCUT2D eigenvalue weighted by Crippen LogP contribution is -2.52. The van der Waals surface area contributed by atoms with Crippen LogP contribution in [-0.4, -0.2) is 60.3 Å². The van der Waals surface area contributed by atoms with Crippen LogP contribution in [0.4, 0.5) is 24.5 Å². The average molecular weight is 486 g/mol. The number of alkyl halides is 3. The second-order valence-electron chi connectivity index (χ2n) is 8.10. The van der Waals surface area contributed by atoms with Crippen LogP contribution in [0.3, 0.4) is 0 Å². The zero-order valence-corrected chi connectivity index (χ0v) is 19.7. The van der Waals surface area contributed by atoms with Crippen molar-refractivity contribution in [2.24, 2.45) is 5.92 Å². The zero-order valence-electron chi connectivity index (χ0n) is 18.9. The fourth-order valence-corrected chi connectivity index (χ4v) is 4.11. The largest absolute Gasteiger partial charge is 0.490 e. The van der Waals surface area contributed by atoms with Crippen molar-refractivity contribution in [3.8, 4) is 0 Å². The lowest BCUT2D eigenvalue weighted by molar-refractivity contribution is -0.192. The maximum Gasteiger partial charge on any atom is 0.490 e. The first-order valence-corrected chi connectivity index (χ1v) is 11.6. The molecule has 3 rings (SSSR count). The molecule has 182 valence electrons. The predicted octanol–water partition coefficient (Wildman–Crippen LogP) is 5.19. The van der Waals surface area contributed by atoms with Gasteiger partial charge in [-0.25, -0.2) is 4.79 Å². The van der Waals surface area contributed by atoms with Gasteiger partial charge in [0.2, 0.25) is 0 Å². The van der Waals surface area contributed by atoms with Crippen LogP contribution < -0.4 is 10.2 Å². The quantitative estimate of drug-likeness (QED) is 0.589. The fraction of sp³-hybridized carbons (Fsp3) is 0.478. The number of anilines is 2. The molecule has 2 heterocycles. The maximum absolute atomic E-state index is 12.1. The van der Waals surface area contributed by atoms with E-state index in [1.54, 1.807) is 0 Å². The van der Waals surface area contributed by atoms with Crippen LogP contribution >= 0.6 is 11.3 Å². The van der Waals surface area contributed by atoms with E-state index in [9.17, 15) is 18.0 Å². The molecule has 1 saturated heterocycles. The average Bonchev–Trinajstić information content (AvgIpc) is 3.29. The van der Waals surface area contributed by atoms with Gasteiger partial charge in [0.15, 0.2) is 0 Å². The fourth-order valence-electron chi connectivity index (χ4n) is 3.49. The van der Waals surface area contributed by atoms with Gasteiger partial charge in [-0.1, -0.05) is 26.3 Å². The number of halogens is 3. The molecular weight excluding hydrogens is 455 g/mol. The van der Waals surface area contributed by atoms with Gasteiger partial charge in [-0.2, -0.15) is 13.2 Å². The molecule has 6 nitrogen and oxygen atoms in total. The highest BCUT2D eigenvalue weighted by Gasteiger charge is 2.38. The summed E-state index contributed by atoms with van der Waals surface area (Å²) in [6.07, 6.45) is -3.84. The van der Waals surface area contributed by atoms with Crippen molar-refractivity contribution in [2.75, 3.05) is 36.4 Å². The van der Waals surface area contributed by atoms with Crippen molar-refractivity contribution in [1.29, 1.82) is 0 Å². The first-order chi connectivity index (χ1) is 15.5. The first kappa shape index (κ1) is 26.7. The third kappa shape index (κ3) is 8.36. The predicted molar refractivity (Wildman–Crippen MR) is 125 cm³/mol. The molecule has 10 heteroatoms. The summed E-state index contributed by atoms with van der Waals surface area (Å²) in [5.41, 5.74) is 2.07. The van der Waals surface area contributed by atoms with Gasteiger partial charge in [-0.15, -0.1) is 11.3 Å². The molecule has 0 aliphatic carbocycles. The summed E-state index contributed by atoms with van der Waals surface area (Å²) in [5.74, 6) is -2.03. The van der Waals surface area contributed by atoms with Crippen molar-refractivity contribution in [3.63, 3.8) is 0 Å². The molecule has 33 heavy (non-hydrogen) atoms. The number of carboxylic acid groups (broad SMARTS) is 1. The number of benzene rings is 1. The number of thiophene rings is 1. The number of aliphatic carboxylic acids is 1. The molecule has 1 aliphatic rings. The van der Waals surface area contributed by atoms with Crippen molar-refractivity contribution < 1.29 is 27.9 Å². The van der Waals surface area contributed by atoms with Crippen LogP contribution in [0, 0.1) is 5.92 Å². The van der Waals surface area contributed by atoms with Crippen LogP contribution in [0.1, 0.15) is 36.9 Å². The molecule has 2 aromatic rings. The summed E-state index contributed by atoms with van der Waals surface area (Å²) in [6, 6.07) is 12.5. The van der Waals surface area contributed by atoms with Crippen LogP contribution in [0.5, 0.6) is 0 Å². The molecule has 1 fully saturated rings. The minimum Gasteiger partial charge on any atom is -0.475 e. The summed E-state index contributed by atoms with van der Waals surface area (Å²) in [7, 11) is 0. The Hall–Kier alpha value is -2.59. The van der Waals surface area contributed by atoms with E-state index < -0.39 is 12.1 Å². The molecule has 1 aliphatic heterocycles. The molecule has 1 aromatic carbocycles. The second kappa shape index (κ2) is 12.0. The van der Waals surface area contributed by atoms with E-state index in [1.807, 2.05) is 29.6 Å². The van der Waals surface area contributed by atoms with E-state index >= 15 is 0 Å². The van der Waals surface area contributed by atoms with Gasteiger partial charge in [0.1, 0.15) is 0 Å². The Labute approximate surface area is 196 Å². The lowest BCUT2D eigenvalue weighted by Gasteiger charge is -2.42. The number of carbonyl (C=O) groups is 2. The number of carboxylic acids is 1. The summed E-state index contributed by atoms with van der Waals surface area (Å²) >= 11 is 1.46. The minimum absolute atomic E-state index is 0.0419. The number of hydrogen-bond acceptors (Lipinski definition) is 5. The minimum atomic E-state index is -5.08. The zero-order chi connectivity index (χ0) is 24.6. The molecule has 0 saturated carbocycles. The van der Waals surface area contributed by atoms with Gasteiger partial charge in [-0.3, -0.25) is 9.69 Å². The Morgan fingerprint density at radius 2 is 1.85 bits per heavy atom. The lowest BCUT2D eigenvalue weighted by atomic mass is 10.1. The molecule has 2 unspecified atom stereocenters. The van der Waals surface area contributed by atoms with E-state index in [0.29, 0.717) is 6.04 Å². The molecular formula is C23H30F3N3O3S. The van der Waals surface area contributed by atoms with Crippen LogP contribution in [0.2, 0.25) is 0 Å². The monoisotopic (exact) mass is 485 g/mol. The molecule has 0 bridgehead atoms. The van der Waals surface area contributed by atoms with Crippen molar-refractivity contribution in [3.05, 3.63) is 46.7 Å². The molecule has 1 amide bonds. The number of piperazine rings is 1. The second-order valence-corrected chi connectivity index (χ2v) is 9.04. The number of nitrogens with one attached hydrogen (secondary N) is 1. The SMILES string of the molecule is CCC(C)CN1CCN(c2ccc(NC(=O)c3cccs3)cc2)C(C)C1.O=C(O)C(F)(F)F. The van der Waals surface area contributed by atoms with E-state index in [-0.39, 0.29) is 5.91 Å². The van der Waals surface area contributed by atoms with Gasteiger partial charge in [0.25, 0.3) is 5.91 Å². The highest BCUT2D eigenvalue weighted by atomic mass is 32.1. The normalized spacial score (nSPS) is 17.6. The Kier molecular flexibility index (Phi) is 9.72. The van der Waals surface area contributed by atoms with Crippen LogP contribution in [0.15, 0.2) is 41.8 Å². The number of rotatable bonds is 6. The van der Waals surface area contributed by atoms with Gasteiger partial charge in [0, 0.05) is 43.6 Å². The summed E-state index contributed by atoms with van der Waals surface area (Å²) in [5, 5.41) is 12.0. The Balaban J connectivity index is 0.000000479. The van der Waals surface area contributed by atoms with Gasteiger partial charge < -0.3 is 15.3 Å². The standard InChI is InChI=1S/C21H29N3OS.C2HF3O2/c1-4-16(2)14-23-11-12-24(17(3)15-23)19-9-7-18(8-10-19)22-21(25)20-6-5-13-26-20;3-2(4,5)1(6)7/h5-10,13,16-17H,4,11-12,14-15H2,1-3H3,(H,22,25);(H,6,7). The van der Waals surface area contributed by atoms with Crippen LogP contribution in [-0.2, 0) is 4.79 Å². The van der Waals surface area contributed by atoms with E-state index in [4.69, 9.17) is 9.90 Å². The van der Waals surface area contributed by atoms with Crippen LogP contribution in [0.25, 0.3) is 0 Å². The molecule has 0 spiro atoms. The van der Waals surface area contributed by atoms with Crippen molar-refractivity contribution in [1.82, 2.24) is 4.90 Å². The van der Waals surface area contributed by atoms with Crippen molar-refractivity contribution >= 4 is 34.6 Å². The number of nitrogens with zero attached hydrogens (tertiary/aromatic N) is 2. The van der Waals surface area contributed by atoms with E-state index in [1.165, 1.54) is 30.0 Å². The third-order valence-electron chi connectivity index (χ3n) is 5.42. The maximum atomic E-state index is 12.1. The number of amides is 1. The molecule has 0 radical (unpaired) electrons. The topological polar surface area (TPSA) is 72.9 Å². The molecule has 2 atom stereocenters. The highest BCUT2D eigenvalue weighted by Crippen LogP contribution is 2.24. The summed E-state index contributed by atoms with van der Waals surface area (Å²) in [4.78, 5) is 26.8. The third-order valence-corrected chi connectivity index (χ3v) is 6.29. The van der Waals surface area contributed by atoms with Gasteiger partial charge in [-0.05, 0) is 48.6 Å². The summed E-state index contributed by atoms with van der Waals surface area (Å²) < 4.78 is 31.7. The van der Waals surface area contributed by atoms with Gasteiger partial charge >= 0.3 is 12.1 Å². The number of carbonyl (C=O) groups excluding carboxylic acids is 1. The molecule has 2 N–H and O–H groups in total.